The predicted molar refractivity (Wildman–Crippen MR) is 78.5 cm³/mol. The van der Waals surface area contributed by atoms with Crippen molar-refractivity contribution in [1.82, 2.24) is 5.32 Å². The Morgan fingerprint density at radius 3 is 2.67 bits per heavy atom. The zero-order chi connectivity index (χ0) is 17.1. The first kappa shape index (κ1) is 15.9. The monoisotopic (exact) mass is 334 g/mol. The van der Waals surface area contributed by atoms with E-state index in [4.69, 9.17) is 4.42 Å². The molecule has 0 spiro atoms. The summed E-state index contributed by atoms with van der Waals surface area (Å²) in [6.07, 6.45) is 2.40. The van der Waals surface area contributed by atoms with E-state index in [1.165, 1.54) is 6.26 Å². The quantitative estimate of drug-likeness (QED) is 0.676. The molecule has 124 valence electrons. The average Bonchev–Trinajstić information content (AvgIpc) is 3.01. The number of oxime groups is 1. The Balaban J connectivity index is 1.67. The Morgan fingerprint density at radius 2 is 1.92 bits per heavy atom. The third kappa shape index (κ3) is 3.17. The smallest absolute Gasteiger partial charge is 0.440 e. The number of rotatable bonds is 2. The summed E-state index contributed by atoms with van der Waals surface area (Å²) in [5.74, 6) is -2.67. The molecule has 3 rings (SSSR count). The Hall–Kier alpha value is -3.03. The fourth-order valence-corrected chi connectivity index (χ4v) is 2.43. The second kappa shape index (κ2) is 6.61. The molecule has 1 aliphatic rings. The van der Waals surface area contributed by atoms with Crippen molar-refractivity contribution in [2.45, 2.75) is 19.3 Å². The molecule has 8 heteroatoms. The van der Waals surface area contributed by atoms with E-state index in [0.717, 1.165) is 42.4 Å². The molecular weight excluding hydrogens is 322 g/mol. The van der Waals surface area contributed by atoms with Crippen LogP contribution in [-0.4, -0.2) is 17.7 Å². The SMILES string of the molecule is O=C(NC(=O)c1c(F)cccc1F)ON=C1CCCc2occc21. The number of halogens is 2. The van der Waals surface area contributed by atoms with Gasteiger partial charge in [-0.25, -0.2) is 13.6 Å². The third-order valence-corrected chi connectivity index (χ3v) is 3.52. The maximum Gasteiger partial charge on any atom is 0.440 e. The largest absolute Gasteiger partial charge is 0.469 e. The molecule has 0 saturated carbocycles. The van der Waals surface area contributed by atoms with Crippen molar-refractivity contribution in [3.8, 4) is 0 Å². The lowest BCUT2D eigenvalue weighted by Gasteiger charge is -2.11. The van der Waals surface area contributed by atoms with Crippen LogP contribution in [0, 0.1) is 11.6 Å². The standard InChI is InChI=1S/C16H12F2N2O4/c17-10-3-1-4-11(18)14(10)15(21)19-16(22)24-20-12-5-2-6-13-9(12)7-8-23-13/h1,3-4,7-8H,2,5-6H2,(H,19,21,22). The molecule has 1 aliphatic carbocycles. The van der Waals surface area contributed by atoms with Gasteiger partial charge >= 0.3 is 6.09 Å². The summed E-state index contributed by atoms with van der Waals surface area (Å²) in [7, 11) is 0. The lowest BCUT2D eigenvalue weighted by atomic mass is 9.97. The van der Waals surface area contributed by atoms with Crippen LogP contribution in [0.15, 0.2) is 40.1 Å². The minimum Gasteiger partial charge on any atom is -0.469 e. The molecule has 0 radical (unpaired) electrons. The molecular formula is C16H12F2N2O4. The first-order valence-corrected chi connectivity index (χ1v) is 7.16. The fraction of sp³-hybridized carbons (Fsp3) is 0.188. The van der Waals surface area contributed by atoms with Crippen LogP contribution < -0.4 is 5.32 Å². The van der Waals surface area contributed by atoms with Gasteiger partial charge in [-0.1, -0.05) is 11.2 Å². The number of imide groups is 1. The molecule has 0 aliphatic heterocycles. The highest BCUT2D eigenvalue weighted by molar-refractivity contribution is 6.04. The Kier molecular flexibility index (Phi) is 4.37. The van der Waals surface area contributed by atoms with Gasteiger partial charge in [-0.15, -0.1) is 0 Å². The summed E-state index contributed by atoms with van der Waals surface area (Å²) < 4.78 is 32.2. The van der Waals surface area contributed by atoms with E-state index < -0.39 is 29.2 Å². The van der Waals surface area contributed by atoms with Gasteiger partial charge in [0.05, 0.1) is 12.0 Å². The number of nitrogens with one attached hydrogen (secondary N) is 1. The third-order valence-electron chi connectivity index (χ3n) is 3.52. The predicted octanol–water partition coefficient (Wildman–Crippen LogP) is 3.16. The summed E-state index contributed by atoms with van der Waals surface area (Å²) in [5, 5.41) is 5.42. The normalized spacial score (nSPS) is 15.0. The topological polar surface area (TPSA) is 80.9 Å². The van der Waals surface area contributed by atoms with Crippen molar-refractivity contribution in [2.75, 3.05) is 0 Å². The molecule has 0 atom stereocenters. The van der Waals surface area contributed by atoms with Crippen LogP contribution in [0.1, 0.15) is 34.5 Å². The summed E-state index contributed by atoms with van der Waals surface area (Å²) in [4.78, 5) is 28.0. The maximum atomic E-state index is 13.5. The number of carbonyl (C=O) groups excluding carboxylic acids is 2. The van der Waals surface area contributed by atoms with E-state index in [9.17, 15) is 18.4 Å². The maximum absolute atomic E-state index is 13.5. The van der Waals surface area contributed by atoms with Gasteiger partial charge < -0.3 is 4.42 Å². The summed E-state index contributed by atoms with van der Waals surface area (Å²) in [5.41, 5.74) is 0.377. The molecule has 0 saturated heterocycles. The summed E-state index contributed by atoms with van der Waals surface area (Å²) >= 11 is 0. The summed E-state index contributed by atoms with van der Waals surface area (Å²) in [6, 6.07) is 4.63. The number of nitrogens with zero attached hydrogens (tertiary/aromatic N) is 1. The second-order valence-electron chi connectivity index (χ2n) is 5.08. The number of furan rings is 1. The zero-order valence-electron chi connectivity index (χ0n) is 12.3. The van der Waals surface area contributed by atoms with Gasteiger partial charge in [-0.05, 0) is 31.0 Å². The molecule has 24 heavy (non-hydrogen) atoms. The molecule has 1 aromatic carbocycles. The molecule has 1 heterocycles. The van der Waals surface area contributed by atoms with Gasteiger partial charge in [0.25, 0.3) is 5.91 Å². The molecule has 0 fully saturated rings. The first-order chi connectivity index (χ1) is 11.6. The highest BCUT2D eigenvalue weighted by Gasteiger charge is 2.22. The molecule has 1 aromatic heterocycles. The van der Waals surface area contributed by atoms with E-state index in [-0.39, 0.29) is 0 Å². The molecule has 6 nitrogen and oxygen atoms in total. The Labute approximate surface area is 135 Å². The number of benzene rings is 1. The van der Waals surface area contributed by atoms with E-state index >= 15 is 0 Å². The van der Waals surface area contributed by atoms with E-state index in [1.807, 2.05) is 0 Å². The van der Waals surface area contributed by atoms with Crippen LogP contribution in [0.3, 0.4) is 0 Å². The van der Waals surface area contributed by atoms with Crippen molar-refractivity contribution >= 4 is 17.7 Å². The number of hydrogen-bond acceptors (Lipinski definition) is 5. The van der Waals surface area contributed by atoms with Gasteiger partial charge in [0.15, 0.2) is 0 Å². The lowest BCUT2D eigenvalue weighted by molar-refractivity contribution is 0.0914. The molecule has 2 aromatic rings. The van der Waals surface area contributed by atoms with Crippen LogP contribution in [0.25, 0.3) is 0 Å². The van der Waals surface area contributed by atoms with Crippen LogP contribution in [0.2, 0.25) is 0 Å². The van der Waals surface area contributed by atoms with Gasteiger partial charge in [-0.3, -0.25) is 14.9 Å². The van der Waals surface area contributed by atoms with Crippen molar-refractivity contribution < 1.29 is 27.6 Å². The van der Waals surface area contributed by atoms with Crippen molar-refractivity contribution in [3.05, 3.63) is 59.1 Å². The highest BCUT2D eigenvalue weighted by atomic mass is 19.1. The average molecular weight is 334 g/mol. The van der Waals surface area contributed by atoms with Crippen LogP contribution in [-0.2, 0) is 11.3 Å². The van der Waals surface area contributed by atoms with Crippen LogP contribution in [0.5, 0.6) is 0 Å². The van der Waals surface area contributed by atoms with Gasteiger partial charge in [0.1, 0.15) is 23.0 Å². The number of hydrogen-bond donors (Lipinski definition) is 1. The van der Waals surface area contributed by atoms with Crippen molar-refractivity contribution in [3.63, 3.8) is 0 Å². The van der Waals surface area contributed by atoms with Gasteiger partial charge in [0, 0.05) is 12.0 Å². The molecule has 1 N–H and O–H groups in total. The highest BCUT2D eigenvalue weighted by Crippen LogP contribution is 2.22. The Morgan fingerprint density at radius 1 is 1.17 bits per heavy atom. The molecule has 2 amide bonds. The molecule has 0 bridgehead atoms. The van der Waals surface area contributed by atoms with E-state index in [2.05, 4.69) is 9.99 Å². The molecule has 0 unspecified atom stereocenters. The van der Waals surface area contributed by atoms with Crippen molar-refractivity contribution in [1.29, 1.82) is 0 Å². The van der Waals surface area contributed by atoms with Gasteiger partial charge in [-0.2, -0.15) is 0 Å². The summed E-state index contributed by atoms with van der Waals surface area (Å²) in [6.45, 7) is 0. The number of amides is 2. The minimum absolute atomic E-state index is 0.504. The fourth-order valence-electron chi connectivity index (χ4n) is 2.43. The lowest BCUT2D eigenvalue weighted by Crippen LogP contribution is -2.31. The first-order valence-electron chi connectivity index (χ1n) is 7.16. The zero-order valence-corrected chi connectivity index (χ0v) is 12.3. The van der Waals surface area contributed by atoms with Crippen molar-refractivity contribution in [2.24, 2.45) is 5.16 Å². The second-order valence-corrected chi connectivity index (χ2v) is 5.08. The Bertz CT molecular complexity index is 809. The van der Waals surface area contributed by atoms with Crippen LogP contribution in [0.4, 0.5) is 13.6 Å². The van der Waals surface area contributed by atoms with E-state index in [0.29, 0.717) is 12.1 Å². The number of fused-ring (bicyclic) bond motifs is 1. The van der Waals surface area contributed by atoms with E-state index in [1.54, 1.807) is 11.4 Å². The van der Waals surface area contributed by atoms with Gasteiger partial charge in [0.2, 0.25) is 0 Å². The number of carbonyl (C=O) groups is 2. The minimum atomic E-state index is -1.25. The van der Waals surface area contributed by atoms with Crippen LogP contribution >= 0.6 is 0 Å². The number of aryl methyl sites for hydroxylation is 1.